The SMILES string of the molecule is CCc1ccccc1CC(=O)Nc1ccc(N2CCNC2=O)cc1. The van der Waals surface area contributed by atoms with Gasteiger partial charge in [-0.1, -0.05) is 31.2 Å². The highest BCUT2D eigenvalue weighted by molar-refractivity contribution is 5.95. The maximum Gasteiger partial charge on any atom is 0.321 e. The zero-order valence-corrected chi connectivity index (χ0v) is 13.7. The van der Waals surface area contributed by atoms with E-state index in [1.54, 1.807) is 4.90 Å². The molecule has 3 amide bonds. The molecule has 0 aromatic heterocycles. The molecule has 2 aromatic rings. The first-order chi connectivity index (χ1) is 11.7. The summed E-state index contributed by atoms with van der Waals surface area (Å²) in [4.78, 5) is 25.6. The lowest BCUT2D eigenvalue weighted by Gasteiger charge is -2.15. The van der Waals surface area contributed by atoms with Crippen molar-refractivity contribution in [3.8, 4) is 0 Å². The maximum absolute atomic E-state index is 12.3. The molecule has 0 unspecified atom stereocenters. The van der Waals surface area contributed by atoms with Crippen LogP contribution >= 0.6 is 0 Å². The number of carbonyl (C=O) groups excluding carboxylic acids is 2. The number of rotatable bonds is 5. The van der Waals surface area contributed by atoms with E-state index in [1.165, 1.54) is 5.56 Å². The fourth-order valence-corrected chi connectivity index (χ4v) is 2.90. The summed E-state index contributed by atoms with van der Waals surface area (Å²) in [5.74, 6) is -0.0393. The van der Waals surface area contributed by atoms with Crippen molar-refractivity contribution >= 4 is 23.3 Å². The van der Waals surface area contributed by atoms with Gasteiger partial charge in [0.1, 0.15) is 0 Å². The third-order valence-electron chi connectivity index (χ3n) is 4.17. The van der Waals surface area contributed by atoms with Gasteiger partial charge in [0.15, 0.2) is 0 Å². The maximum atomic E-state index is 12.3. The molecule has 0 spiro atoms. The van der Waals surface area contributed by atoms with Crippen LogP contribution in [0.3, 0.4) is 0 Å². The standard InChI is InChI=1S/C19H21N3O2/c1-2-14-5-3-4-6-15(14)13-18(23)21-16-7-9-17(10-8-16)22-12-11-20-19(22)24/h3-10H,2,11-13H2,1H3,(H,20,24)(H,21,23). The smallest absolute Gasteiger partial charge is 0.321 e. The highest BCUT2D eigenvalue weighted by Crippen LogP contribution is 2.20. The third-order valence-corrected chi connectivity index (χ3v) is 4.17. The fourth-order valence-electron chi connectivity index (χ4n) is 2.90. The zero-order valence-electron chi connectivity index (χ0n) is 13.7. The van der Waals surface area contributed by atoms with E-state index in [9.17, 15) is 9.59 Å². The molecule has 1 aliphatic rings. The molecule has 124 valence electrons. The molecular formula is C19H21N3O2. The first-order valence-corrected chi connectivity index (χ1v) is 8.19. The number of hydrogen-bond acceptors (Lipinski definition) is 2. The van der Waals surface area contributed by atoms with Crippen molar-refractivity contribution in [2.75, 3.05) is 23.3 Å². The Labute approximate surface area is 141 Å². The number of aryl methyl sites for hydroxylation is 1. The molecule has 5 heteroatoms. The summed E-state index contributed by atoms with van der Waals surface area (Å²) in [6, 6.07) is 15.3. The molecule has 0 atom stereocenters. The van der Waals surface area contributed by atoms with E-state index in [0.29, 0.717) is 19.5 Å². The summed E-state index contributed by atoms with van der Waals surface area (Å²) in [6.07, 6.45) is 1.27. The van der Waals surface area contributed by atoms with Gasteiger partial charge in [-0.25, -0.2) is 4.79 Å². The van der Waals surface area contributed by atoms with Crippen molar-refractivity contribution in [3.05, 3.63) is 59.7 Å². The average molecular weight is 323 g/mol. The van der Waals surface area contributed by atoms with E-state index in [-0.39, 0.29) is 11.9 Å². The Morgan fingerprint density at radius 2 is 1.83 bits per heavy atom. The molecule has 1 heterocycles. The van der Waals surface area contributed by atoms with Crippen molar-refractivity contribution in [1.29, 1.82) is 0 Å². The molecule has 24 heavy (non-hydrogen) atoms. The monoisotopic (exact) mass is 323 g/mol. The summed E-state index contributed by atoms with van der Waals surface area (Å²) in [6.45, 7) is 3.41. The number of carbonyl (C=O) groups is 2. The van der Waals surface area contributed by atoms with Gasteiger partial charge < -0.3 is 10.6 Å². The van der Waals surface area contributed by atoms with Crippen LogP contribution in [0.2, 0.25) is 0 Å². The molecule has 1 fully saturated rings. The molecule has 0 aliphatic carbocycles. The summed E-state index contributed by atoms with van der Waals surface area (Å²) in [5.41, 5.74) is 3.82. The van der Waals surface area contributed by atoms with Gasteiger partial charge in [0, 0.05) is 24.5 Å². The second kappa shape index (κ2) is 7.17. The van der Waals surface area contributed by atoms with Crippen LogP contribution in [0.1, 0.15) is 18.1 Å². The number of amides is 3. The third kappa shape index (κ3) is 3.56. The highest BCUT2D eigenvalue weighted by Gasteiger charge is 2.20. The molecule has 2 N–H and O–H groups in total. The number of nitrogens with one attached hydrogen (secondary N) is 2. The van der Waals surface area contributed by atoms with Crippen molar-refractivity contribution in [3.63, 3.8) is 0 Å². The van der Waals surface area contributed by atoms with E-state index < -0.39 is 0 Å². The Kier molecular flexibility index (Phi) is 4.79. The number of hydrogen-bond donors (Lipinski definition) is 2. The van der Waals surface area contributed by atoms with Gasteiger partial charge in [0.2, 0.25) is 5.91 Å². The number of nitrogens with zero attached hydrogens (tertiary/aromatic N) is 1. The normalized spacial score (nSPS) is 13.7. The van der Waals surface area contributed by atoms with Crippen LogP contribution in [0, 0.1) is 0 Å². The fraction of sp³-hybridized carbons (Fsp3) is 0.263. The van der Waals surface area contributed by atoms with Crippen LogP contribution in [0.4, 0.5) is 16.2 Å². The van der Waals surface area contributed by atoms with Crippen LogP contribution in [-0.2, 0) is 17.6 Å². The van der Waals surface area contributed by atoms with Gasteiger partial charge in [-0.2, -0.15) is 0 Å². The van der Waals surface area contributed by atoms with E-state index >= 15 is 0 Å². The van der Waals surface area contributed by atoms with E-state index in [0.717, 1.165) is 23.4 Å². The molecule has 2 aromatic carbocycles. The Morgan fingerprint density at radius 1 is 1.12 bits per heavy atom. The number of anilines is 2. The van der Waals surface area contributed by atoms with Crippen molar-refractivity contribution in [2.45, 2.75) is 19.8 Å². The van der Waals surface area contributed by atoms with Gasteiger partial charge in [0.05, 0.1) is 6.42 Å². The Bertz CT molecular complexity index is 741. The highest BCUT2D eigenvalue weighted by atomic mass is 16.2. The molecule has 1 saturated heterocycles. The largest absolute Gasteiger partial charge is 0.336 e. The minimum atomic E-state index is -0.0806. The quantitative estimate of drug-likeness (QED) is 0.888. The first kappa shape index (κ1) is 16.1. The minimum Gasteiger partial charge on any atom is -0.336 e. The van der Waals surface area contributed by atoms with Crippen LogP contribution < -0.4 is 15.5 Å². The van der Waals surface area contributed by atoms with Crippen LogP contribution in [0.5, 0.6) is 0 Å². The van der Waals surface area contributed by atoms with Gasteiger partial charge in [-0.3, -0.25) is 9.69 Å². The van der Waals surface area contributed by atoms with Gasteiger partial charge >= 0.3 is 6.03 Å². The second-order valence-electron chi connectivity index (χ2n) is 5.78. The molecule has 1 aliphatic heterocycles. The number of urea groups is 1. The minimum absolute atomic E-state index is 0.0393. The first-order valence-electron chi connectivity index (χ1n) is 8.19. The van der Waals surface area contributed by atoms with Crippen LogP contribution in [-0.4, -0.2) is 25.0 Å². The topological polar surface area (TPSA) is 61.4 Å². The predicted octanol–water partition coefficient (Wildman–Crippen LogP) is 2.96. The lowest BCUT2D eigenvalue weighted by Crippen LogP contribution is -2.27. The van der Waals surface area contributed by atoms with Crippen molar-refractivity contribution in [2.24, 2.45) is 0 Å². The van der Waals surface area contributed by atoms with Gasteiger partial charge in [0.25, 0.3) is 0 Å². The van der Waals surface area contributed by atoms with E-state index in [4.69, 9.17) is 0 Å². The lowest BCUT2D eigenvalue weighted by atomic mass is 10.0. The van der Waals surface area contributed by atoms with Gasteiger partial charge in [-0.05, 0) is 41.8 Å². The molecule has 5 nitrogen and oxygen atoms in total. The Balaban J connectivity index is 1.63. The van der Waals surface area contributed by atoms with E-state index in [2.05, 4.69) is 23.6 Å². The molecule has 0 bridgehead atoms. The zero-order chi connectivity index (χ0) is 16.9. The summed E-state index contributed by atoms with van der Waals surface area (Å²) < 4.78 is 0. The average Bonchev–Trinajstić information content (AvgIpc) is 3.02. The molecular weight excluding hydrogens is 302 g/mol. The van der Waals surface area contributed by atoms with Gasteiger partial charge in [-0.15, -0.1) is 0 Å². The molecule has 3 rings (SSSR count). The summed E-state index contributed by atoms with van der Waals surface area (Å²) in [7, 11) is 0. The lowest BCUT2D eigenvalue weighted by molar-refractivity contribution is -0.115. The number of benzene rings is 2. The van der Waals surface area contributed by atoms with E-state index in [1.807, 2.05) is 42.5 Å². The predicted molar refractivity (Wildman–Crippen MR) is 95.3 cm³/mol. The second-order valence-corrected chi connectivity index (χ2v) is 5.78. The molecule has 0 radical (unpaired) electrons. The summed E-state index contributed by atoms with van der Waals surface area (Å²) in [5, 5.41) is 5.68. The van der Waals surface area contributed by atoms with Crippen LogP contribution in [0.15, 0.2) is 48.5 Å². The Hall–Kier alpha value is -2.82. The van der Waals surface area contributed by atoms with Crippen LogP contribution in [0.25, 0.3) is 0 Å². The van der Waals surface area contributed by atoms with Crippen molar-refractivity contribution < 1.29 is 9.59 Å². The molecule has 0 saturated carbocycles. The van der Waals surface area contributed by atoms with Crippen molar-refractivity contribution in [1.82, 2.24) is 5.32 Å². The summed E-state index contributed by atoms with van der Waals surface area (Å²) >= 11 is 0. The Morgan fingerprint density at radius 3 is 2.46 bits per heavy atom.